The average molecular weight is 231 g/mol. The molecule has 0 fully saturated rings. The molecule has 5 heteroatoms. The zero-order valence-corrected chi connectivity index (χ0v) is 10.4. The van der Waals surface area contributed by atoms with Gasteiger partial charge in [-0.1, -0.05) is 13.8 Å². The Bertz CT molecular complexity index is 489. The van der Waals surface area contributed by atoms with Gasteiger partial charge in [0.05, 0.1) is 6.54 Å². The van der Waals surface area contributed by atoms with Gasteiger partial charge in [0.2, 0.25) is 0 Å². The number of hydrogen-bond acceptors (Lipinski definition) is 4. The van der Waals surface area contributed by atoms with Gasteiger partial charge in [-0.15, -0.1) is 0 Å². The molecule has 0 saturated heterocycles. The molecule has 0 unspecified atom stereocenters. The largest absolute Gasteiger partial charge is 0.363 e. The predicted molar refractivity (Wildman–Crippen MR) is 66.7 cm³/mol. The van der Waals surface area contributed by atoms with Crippen LogP contribution in [0.1, 0.15) is 31.3 Å². The Balaban J connectivity index is 2.04. The Morgan fingerprint density at radius 2 is 2.12 bits per heavy atom. The van der Waals surface area contributed by atoms with Crippen LogP contribution >= 0.6 is 0 Å². The minimum Gasteiger partial charge on any atom is -0.363 e. The molecule has 0 saturated carbocycles. The molecule has 0 atom stereocenters. The molecule has 0 aliphatic rings. The smallest absolute Gasteiger partial charge is 0.129 e. The lowest BCUT2D eigenvalue weighted by Gasteiger charge is -2.08. The van der Waals surface area contributed by atoms with Crippen molar-refractivity contribution in [1.29, 1.82) is 0 Å². The lowest BCUT2D eigenvalue weighted by Crippen LogP contribution is -2.07. The van der Waals surface area contributed by atoms with Gasteiger partial charge >= 0.3 is 0 Å². The van der Waals surface area contributed by atoms with Gasteiger partial charge < -0.3 is 9.88 Å². The van der Waals surface area contributed by atoms with Gasteiger partial charge in [0.1, 0.15) is 18.0 Å². The minimum atomic E-state index is 0.409. The number of hydrogen-bond donors (Lipinski definition) is 1. The third-order valence-electron chi connectivity index (χ3n) is 2.63. The maximum Gasteiger partial charge on any atom is 0.129 e. The number of aryl methyl sites for hydroxylation is 1. The normalized spacial score (nSPS) is 10.8. The molecule has 5 nitrogen and oxygen atoms in total. The van der Waals surface area contributed by atoms with Crippen LogP contribution in [0, 0.1) is 0 Å². The molecule has 2 aromatic rings. The fourth-order valence-electron chi connectivity index (χ4n) is 1.52. The summed E-state index contributed by atoms with van der Waals surface area (Å²) in [5, 5.41) is 3.25. The van der Waals surface area contributed by atoms with Crippen LogP contribution in [0.15, 0.2) is 24.8 Å². The molecule has 0 aliphatic carbocycles. The SMILES string of the molecule is CC(C)c1cc(NCc2nccn2C)ncn1. The molecule has 2 aromatic heterocycles. The van der Waals surface area contributed by atoms with E-state index in [0.717, 1.165) is 17.3 Å². The van der Waals surface area contributed by atoms with Gasteiger partial charge in [-0.2, -0.15) is 0 Å². The highest BCUT2D eigenvalue weighted by Crippen LogP contribution is 2.13. The molecule has 0 aliphatic heterocycles. The van der Waals surface area contributed by atoms with Crippen LogP contribution in [0.2, 0.25) is 0 Å². The van der Waals surface area contributed by atoms with Crippen molar-refractivity contribution in [2.45, 2.75) is 26.3 Å². The van der Waals surface area contributed by atoms with Gasteiger partial charge in [0, 0.05) is 31.2 Å². The molecule has 2 heterocycles. The molecule has 0 bridgehead atoms. The first-order chi connectivity index (χ1) is 8.16. The number of anilines is 1. The number of nitrogens with one attached hydrogen (secondary N) is 1. The van der Waals surface area contributed by atoms with Gasteiger partial charge in [0.15, 0.2) is 0 Å². The molecule has 1 N–H and O–H groups in total. The van der Waals surface area contributed by atoms with E-state index in [1.165, 1.54) is 0 Å². The average Bonchev–Trinajstić information content (AvgIpc) is 2.72. The summed E-state index contributed by atoms with van der Waals surface area (Å²) in [7, 11) is 1.98. The lowest BCUT2D eigenvalue weighted by atomic mass is 10.1. The second-order valence-corrected chi connectivity index (χ2v) is 4.29. The number of nitrogens with zero attached hydrogens (tertiary/aromatic N) is 4. The van der Waals surface area contributed by atoms with E-state index in [1.54, 1.807) is 12.5 Å². The zero-order valence-electron chi connectivity index (χ0n) is 10.4. The Hall–Kier alpha value is -1.91. The fourth-order valence-corrected chi connectivity index (χ4v) is 1.52. The fraction of sp³-hybridized carbons (Fsp3) is 0.417. The van der Waals surface area contributed by atoms with Crippen LogP contribution in [-0.4, -0.2) is 19.5 Å². The monoisotopic (exact) mass is 231 g/mol. The van der Waals surface area contributed by atoms with Crippen LogP contribution in [0.3, 0.4) is 0 Å². The lowest BCUT2D eigenvalue weighted by molar-refractivity contribution is 0.800. The molecule has 17 heavy (non-hydrogen) atoms. The van der Waals surface area contributed by atoms with Crippen LogP contribution in [0.25, 0.3) is 0 Å². The maximum atomic E-state index is 4.25. The second-order valence-electron chi connectivity index (χ2n) is 4.29. The molecule has 0 spiro atoms. The third-order valence-corrected chi connectivity index (χ3v) is 2.63. The standard InChI is InChI=1S/C12H17N5/c1-9(2)10-6-11(16-8-15-10)14-7-12-13-4-5-17(12)3/h4-6,8-9H,7H2,1-3H3,(H,14,15,16). The maximum absolute atomic E-state index is 4.25. The van der Waals surface area contributed by atoms with Crippen molar-refractivity contribution in [2.75, 3.05) is 5.32 Å². The number of rotatable bonds is 4. The topological polar surface area (TPSA) is 55.6 Å². The van der Waals surface area contributed by atoms with E-state index in [4.69, 9.17) is 0 Å². The number of aromatic nitrogens is 4. The summed E-state index contributed by atoms with van der Waals surface area (Å²) in [6.07, 6.45) is 5.31. The van der Waals surface area contributed by atoms with Crippen molar-refractivity contribution in [3.05, 3.63) is 36.3 Å². The van der Waals surface area contributed by atoms with Crippen LogP contribution in [-0.2, 0) is 13.6 Å². The van der Waals surface area contributed by atoms with E-state index in [9.17, 15) is 0 Å². The van der Waals surface area contributed by atoms with Crippen molar-refractivity contribution < 1.29 is 0 Å². The van der Waals surface area contributed by atoms with E-state index in [1.807, 2.05) is 23.9 Å². The Morgan fingerprint density at radius 1 is 1.29 bits per heavy atom. The zero-order chi connectivity index (χ0) is 12.3. The second kappa shape index (κ2) is 4.95. The van der Waals surface area contributed by atoms with E-state index < -0.39 is 0 Å². The van der Waals surface area contributed by atoms with Gasteiger partial charge in [-0.25, -0.2) is 15.0 Å². The number of imidazole rings is 1. The summed E-state index contributed by atoms with van der Waals surface area (Å²) in [6.45, 7) is 4.90. The molecule has 0 aromatic carbocycles. The first-order valence-corrected chi connectivity index (χ1v) is 5.69. The summed E-state index contributed by atoms with van der Waals surface area (Å²) in [5.41, 5.74) is 1.04. The Labute approximate surface area is 101 Å². The first kappa shape index (κ1) is 11.6. The quantitative estimate of drug-likeness (QED) is 0.873. The summed E-state index contributed by atoms with van der Waals surface area (Å²) in [6, 6.07) is 1.98. The first-order valence-electron chi connectivity index (χ1n) is 5.69. The molecule has 90 valence electrons. The highest BCUT2D eigenvalue weighted by Gasteiger charge is 2.04. The summed E-state index contributed by atoms with van der Waals surface area (Å²) >= 11 is 0. The van der Waals surface area contributed by atoms with Crippen molar-refractivity contribution in [3.63, 3.8) is 0 Å². The molecule has 0 amide bonds. The summed E-state index contributed by atoms with van der Waals surface area (Å²) in [4.78, 5) is 12.7. The van der Waals surface area contributed by atoms with Crippen molar-refractivity contribution in [2.24, 2.45) is 7.05 Å². The Kier molecular flexibility index (Phi) is 3.37. The highest BCUT2D eigenvalue weighted by atomic mass is 15.1. The van der Waals surface area contributed by atoms with Crippen LogP contribution in [0.5, 0.6) is 0 Å². The van der Waals surface area contributed by atoms with Crippen molar-refractivity contribution in [3.8, 4) is 0 Å². The van der Waals surface area contributed by atoms with Crippen LogP contribution in [0.4, 0.5) is 5.82 Å². The molecule has 2 rings (SSSR count). The van der Waals surface area contributed by atoms with Gasteiger partial charge in [0.25, 0.3) is 0 Å². The van der Waals surface area contributed by atoms with E-state index in [0.29, 0.717) is 12.5 Å². The molecular formula is C12H17N5. The van der Waals surface area contributed by atoms with E-state index in [2.05, 4.69) is 34.1 Å². The van der Waals surface area contributed by atoms with Crippen molar-refractivity contribution >= 4 is 5.82 Å². The third kappa shape index (κ3) is 2.81. The Morgan fingerprint density at radius 3 is 2.76 bits per heavy atom. The van der Waals surface area contributed by atoms with Gasteiger partial charge in [-0.3, -0.25) is 0 Å². The minimum absolute atomic E-state index is 0.409. The van der Waals surface area contributed by atoms with E-state index in [-0.39, 0.29) is 0 Å². The summed E-state index contributed by atoms with van der Waals surface area (Å²) in [5.74, 6) is 2.23. The van der Waals surface area contributed by atoms with Crippen LogP contribution < -0.4 is 5.32 Å². The highest BCUT2D eigenvalue weighted by molar-refractivity contribution is 5.35. The van der Waals surface area contributed by atoms with E-state index >= 15 is 0 Å². The molecule has 0 radical (unpaired) electrons. The summed E-state index contributed by atoms with van der Waals surface area (Å²) < 4.78 is 1.98. The molecular weight excluding hydrogens is 214 g/mol. The predicted octanol–water partition coefficient (Wildman–Crippen LogP) is 1.95. The van der Waals surface area contributed by atoms with Gasteiger partial charge in [-0.05, 0) is 5.92 Å². The van der Waals surface area contributed by atoms with Crippen molar-refractivity contribution in [1.82, 2.24) is 19.5 Å².